The number of nitrogens with zero attached hydrogens (tertiary/aromatic N) is 1. The first-order valence-electron chi connectivity index (χ1n) is 6.16. The van der Waals surface area contributed by atoms with E-state index in [1.807, 2.05) is 6.20 Å². The Bertz CT molecular complexity index is 304. The highest BCUT2D eigenvalue weighted by Gasteiger charge is 2.08. The van der Waals surface area contributed by atoms with Crippen LogP contribution in [0.25, 0.3) is 0 Å². The molecule has 0 saturated heterocycles. The van der Waals surface area contributed by atoms with Crippen molar-refractivity contribution in [3.63, 3.8) is 0 Å². The van der Waals surface area contributed by atoms with E-state index in [2.05, 4.69) is 17.2 Å². The zero-order valence-electron chi connectivity index (χ0n) is 10.7. The van der Waals surface area contributed by atoms with Gasteiger partial charge in [-0.3, -0.25) is 0 Å². The molecule has 0 bridgehead atoms. The van der Waals surface area contributed by atoms with Crippen molar-refractivity contribution in [1.82, 2.24) is 10.3 Å². The van der Waals surface area contributed by atoms with E-state index in [-0.39, 0.29) is 0 Å². The minimum Gasteiger partial charge on any atom is -0.383 e. The van der Waals surface area contributed by atoms with Crippen LogP contribution in [0.4, 0.5) is 0 Å². The number of thiazole rings is 1. The third-order valence-electron chi connectivity index (χ3n) is 2.62. The van der Waals surface area contributed by atoms with E-state index in [1.54, 1.807) is 18.4 Å². The number of nitrogens with two attached hydrogens (primary N) is 1. The molecule has 0 aliphatic carbocycles. The average molecular weight is 257 g/mol. The van der Waals surface area contributed by atoms with Crippen molar-refractivity contribution in [3.8, 4) is 0 Å². The third-order valence-corrected chi connectivity index (χ3v) is 3.76. The molecule has 0 amide bonds. The van der Waals surface area contributed by atoms with Crippen molar-refractivity contribution in [2.75, 3.05) is 20.3 Å². The Hall–Kier alpha value is -0.490. The largest absolute Gasteiger partial charge is 0.383 e. The van der Waals surface area contributed by atoms with Gasteiger partial charge >= 0.3 is 0 Å². The second-order valence-electron chi connectivity index (χ2n) is 4.04. The summed E-state index contributed by atoms with van der Waals surface area (Å²) < 4.78 is 5.20. The number of methoxy groups -OCH3 is 1. The number of rotatable bonds is 9. The van der Waals surface area contributed by atoms with Gasteiger partial charge in [-0.25, -0.2) is 4.98 Å². The van der Waals surface area contributed by atoms with E-state index >= 15 is 0 Å². The van der Waals surface area contributed by atoms with E-state index < -0.39 is 0 Å². The molecule has 1 aromatic rings. The lowest BCUT2D eigenvalue weighted by atomic mass is 10.1. The molecule has 0 saturated carbocycles. The number of nitrogens with one attached hydrogen (secondary N) is 1. The molecule has 1 atom stereocenters. The number of aryl methyl sites for hydroxylation is 1. The molecule has 1 aromatic heterocycles. The quantitative estimate of drug-likeness (QED) is 0.704. The molecule has 0 radical (unpaired) electrons. The molecular weight excluding hydrogens is 234 g/mol. The molecule has 1 unspecified atom stereocenters. The van der Waals surface area contributed by atoms with Crippen LogP contribution >= 0.6 is 11.3 Å². The van der Waals surface area contributed by atoms with Crippen molar-refractivity contribution >= 4 is 11.3 Å². The van der Waals surface area contributed by atoms with Crippen molar-refractivity contribution in [1.29, 1.82) is 0 Å². The molecular formula is C12H23N3OS. The molecule has 17 heavy (non-hydrogen) atoms. The van der Waals surface area contributed by atoms with Gasteiger partial charge in [-0.15, -0.1) is 11.3 Å². The van der Waals surface area contributed by atoms with Gasteiger partial charge in [0.25, 0.3) is 0 Å². The van der Waals surface area contributed by atoms with Crippen molar-refractivity contribution < 1.29 is 4.74 Å². The first-order valence-corrected chi connectivity index (χ1v) is 6.97. The van der Waals surface area contributed by atoms with Gasteiger partial charge in [0.05, 0.1) is 6.61 Å². The van der Waals surface area contributed by atoms with Crippen LogP contribution < -0.4 is 11.1 Å². The summed E-state index contributed by atoms with van der Waals surface area (Å²) >= 11 is 1.78. The van der Waals surface area contributed by atoms with Gasteiger partial charge in [0.15, 0.2) is 0 Å². The van der Waals surface area contributed by atoms with Gasteiger partial charge in [0.2, 0.25) is 0 Å². The van der Waals surface area contributed by atoms with E-state index in [4.69, 9.17) is 10.5 Å². The predicted octanol–water partition coefficient (Wildman–Crippen LogP) is 1.55. The first kappa shape index (κ1) is 14.6. The molecule has 98 valence electrons. The molecule has 4 nitrogen and oxygen atoms in total. The van der Waals surface area contributed by atoms with Crippen LogP contribution in [0.1, 0.15) is 29.7 Å². The number of hydrogen-bond donors (Lipinski definition) is 2. The van der Waals surface area contributed by atoms with Crippen molar-refractivity contribution in [2.24, 2.45) is 5.73 Å². The highest BCUT2D eigenvalue weighted by molar-refractivity contribution is 7.11. The fourth-order valence-corrected chi connectivity index (χ4v) is 2.45. The summed E-state index contributed by atoms with van der Waals surface area (Å²) in [6.07, 6.45) is 5.11. The Morgan fingerprint density at radius 3 is 3.00 bits per heavy atom. The Kier molecular flexibility index (Phi) is 7.35. The Balaban J connectivity index is 2.34. The second-order valence-corrected chi connectivity index (χ2v) is 5.24. The second kappa shape index (κ2) is 8.58. The van der Waals surface area contributed by atoms with Gasteiger partial charge in [-0.2, -0.15) is 0 Å². The predicted molar refractivity (Wildman–Crippen MR) is 72.3 cm³/mol. The zero-order chi connectivity index (χ0) is 12.5. The molecule has 0 aliphatic heterocycles. The summed E-state index contributed by atoms with van der Waals surface area (Å²) in [6.45, 7) is 4.44. The molecule has 5 heteroatoms. The van der Waals surface area contributed by atoms with Crippen molar-refractivity contribution in [3.05, 3.63) is 16.1 Å². The number of ether oxygens (including phenoxy) is 1. The molecule has 0 aliphatic rings. The SMILES string of the molecule is CCc1cnc(CNC(CCCN)COC)s1. The smallest absolute Gasteiger partial charge is 0.107 e. The summed E-state index contributed by atoms with van der Waals surface area (Å²) in [7, 11) is 1.73. The van der Waals surface area contributed by atoms with Gasteiger partial charge in [-0.1, -0.05) is 6.92 Å². The van der Waals surface area contributed by atoms with Gasteiger partial charge in [0, 0.05) is 30.8 Å². The minimum atomic E-state index is 0.373. The fraction of sp³-hybridized carbons (Fsp3) is 0.750. The summed E-state index contributed by atoms with van der Waals surface area (Å²) in [4.78, 5) is 5.73. The Labute approximate surface area is 108 Å². The number of aromatic nitrogens is 1. The summed E-state index contributed by atoms with van der Waals surface area (Å²) in [5.41, 5.74) is 5.52. The normalized spacial score (nSPS) is 12.9. The zero-order valence-corrected chi connectivity index (χ0v) is 11.6. The van der Waals surface area contributed by atoms with Crippen LogP contribution in [-0.4, -0.2) is 31.3 Å². The molecule has 0 fully saturated rings. The van der Waals surface area contributed by atoms with Crippen LogP contribution in [0.5, 0.6) is 0 Å². The van der Waals surface area contributed by atoms with Gasteiger partial charge in [-0.05, 0) is 25.8 Å². The van der Waals surface area contributed by atoms with Crippen LogP contribution in [0.15, 0.2) is 6.20 Å². The highest BCUT2D eigenvalue weighted by Crippen LogP contribution is 2.13. The summed E-state index contributed by atoms with van der Waals surface area (Å²) in [6, 6.07) is 0.373. The van der Waals surface area contributed by atoms with E-state index in [0.29, 0.717) is 6.04 Å². The van der Waals surface area contributed by atoms with E-state index in [0.717, 1.165) is 44.0 Å². The Morgan fingerprint density at radius 1 is 1.59 bits per heavy atom. The standard InChI is InChI=1S/C12H23N3OS/c1-3-11-7-15-12(17-11)8-14-10(9-16-2)5-4-6-13/h7,10,14H,3-6,8-9,13H2,1-2H3. The van der Waals surface area contributed by atoms with E-state index in [1.165, 1.54) is 4.88 Å². The fourth-order valence-electron chi connectivity index (χ4n) is 1.63. The maximum Gasteiger partial charge on any atom is 0.107 e. The van der Waals surface area contributed by atoms with Crippen LogP contribution in [-0.2, 0) is 17.7 Å². The maximum absolute atomic E-state index is 5.52. The van der Waals surface area contributed by atoms with Crippen molar-refractivity contribution in [2.45, 2.75) is 38.8 Å². The van der Waals surface area contributed by atoms with E-state index in [9.17, 15) is 0 Å². The topological polar surface area (TPSA) is 60.2 Å². The lowest BCUT2D eigenvalue weighted by Gasteiger charge is -2.16. The molecule has 3 N–H and O–H groups in total. The average Bonchev–Trinajstić information content (AvgIpc) is 2.80. The molecule has 0 spiro atoms. The van der Waals surface area contributed by atoms with Gasteiger partial charge < -0.3 is 15.8 Å². The van der Waals surface area contributed by atoms with Crippen LogP contribution in [0.3, 0.4) is 0 Å². The lowest BCUT2D eigenvalue weighted by Crippen LogP contribution is -2.33. The molecule has 1 heterocycles. The molecule has 1 rings (SSSR count). The number of hydrogen-bond acceptors (Lipinski definition) is 5. The molecule has 0 aromatic carbocycles. The monoisotopic (exact) mass is 257 g/mol. The lowest BCUT2D eigenvalue weighted by molar-refractivity contribution is 0.161. The third kappa shape index (κ3) is 5.59. The maximum atomic E-state index is 5.52. The van der Waals surface area contributed by atoms with Crippen LogP contribution in [0, 0.1) is 0 Å². The summed E-state index contributed by atoms with van der Waals surface area (Å²) in [5, 5.41) is 4.63. The first-order chi connectivity index (χ1) is 8.30. The highest BCUT2D eigenvalue weighted by atomic mass is 32.1. The van der Waals surface area contributed by atoms with Gasteiger partial charge in [0.1, 0.15) is 5.01 Å². The van der Waals surface area contributed by atoms with Crippen LogP contribution in [0.2, 0.25) is 0 Å². The minimum absolute atomic E-state index is 0.373. The Morgan fingerprint density at radius 2 is 2.41 bits per heavy atom. The summed E-state index contributed by atoms with van der Waals surface area (Å²) in [5.74, 6) is 0.